The van der Waals surface area contributed by atoms with Gasteiger partial charge in [0, 0.05) is 35.8 Å². The van der Waals surface area contributed by atoms with Gasteiger partial charge in [-0.2, -0.15) is 0 Å². The van der Waals surface area contributed by atoms with Crippen molar-refractivity contribution in [2.75, 3.05) is 13.7 Å². The van der Waals surface area contributed by atoms with E-state index >= 15 is 0 Å². The number of nitrogens with zero attached hydrogens (tertiary/aromatic N) is 2. The van der Waals surface area contributed by atoms with Crippen molar-refractivity contribution in [3.63, 3.8) is 0 Å². The van der Waals surface area contributed by atoms with Crippen LogP contribution in [0.4, 0.5) is 0 Å². The van der Waals surface area contributed by atoms with Crippen LogP contribution >= 0.6 is 11.6 Å². The van der Waals surface area contributed by atoms with Crippen molar-refractivity contribution in [2.24, 2.45) is 0 Å². The largest absolute Gasteiger partial charge is 0.504 e. The Bertz CT molecular complexity index is 1110. The number of ether oxygens (including phenoxy) is 1. The Kier molecular flexibility index (Phi) is 5.17. The molecule has 0 spiro atoms. The lowest BCUT2D eigenvalue weighted by Gasteiger charge is -2.28. The van der Waals surface area contributed by atoms with Crippen LogP contribution in [0, 0.1) is 0 Å². The molecule has 0 saturated heterocycles. The first-order valence-electron chi connectivity index (χ1n) is 9.14. The Hall–Kier alpha value is -3.03. The van der Waals surface area contributed by atoms with Gasteiger partial charge in [-0.25, -0.2) is 4.98 Å². The number of aromatic amines is 1. The highest BCUT2D eigenvalue weighted by molar-refractivity contribution is 6.30. The molecule has 29 heavy (non-hydrogen) atoms. The zero-order chi connectivity index (χ0) is 20.5. The Morgan fingerprint density at radius 2 is 2.00 bits per heavy atom. The molecule has 0 atom stereocenters. The van der Waals surface area contributed by atoms with E-state index in [1.807, 2.05) is 12.1 Å². The maximum atomic E-state index is 12.5. The summed E-state index contributed by atoms with van der Waals surface area (Å²) >= 11 is 5.94. The molecule has 0 unspecified atom stereocenters. The van der Waals surface area contributed by atoms with Gasteiger partial charge in [-0.05, 0) is 48.4 Å². The van der Waals surface area contributed by atoms with E-state index in [9.17, 15) is 15.0 Å². The first-order valence-corrected chi connectivity index (χ1v) is 9.51. The third-order valence-electron chi connectivity index (χ3n) is 5.01. The van der Waals surface area contributed by atoms with Gasteiger partial charge in [0.15, 0.2) is 11.5 Å². The van der Waals surface area contributed by atoms with Crippen LogP contribution in [0.3, 0.4) is 0 Å². The van der Waals surface area contributed by atoms with Gasteiger partial charge in [-0.3, -0.25) is 9.69 Å². The molecule has 0 fully saturated rings. The number of aromatic hydroxyl groups is 2. The molecule has 0 bridgehead atoms. The molecule has 2 heterocycles. The van der Waals surface area contributed by atoms with E-state index in [2.05, 4.69) is 14.9 Å². The van der Waals surface area contributed by atoms with Crippen LogP contribution in [0.5, 0.6) is 17.2 Å². The van der Waals surface area contributed by atoms with Gasteiger partial charge in [0.05, 0.1) is 12.8 Å². The Morgan fingerprint density at radius 3 is 2.72 bits per heavy atom. The minimum Gasteiger partial charge on any atom is -0.504 e. The summed E-state index contributed by atoms with van der Waals surface area (Å²) in [7, 11) is 1.43. The van der Waals surface area contributed by atoms with Crippen molar-refractivity contribution in [2.45, 2.75) is 19.5 Å². The molecule has 1 aliphatic heterocycles. The molecule has 3 N–H and O–H groups in total. The summed E-state index contributed by atoms with van der Waals surface area (Å²) in [4.78, 5) is 22.2. The molecule has 0 aliphatic carbocycles. The number of nitrogens with one attached hydrogen (secondary N) is 1. The van der Waals surface area contributed by atoms with Crippen LogP contribution in [-0.2, 0) is 19.5 Å². The number of rotatable bonds is 4. The van der Waals surface area contributed by atoms with Gasteiger partial charge in [0.1, 0.15) is 5.82 Å². The number of hydrogen-bond acceptors (Lipinski definition) is 6. The average Bonchev–Trinajstić information content (AvgIpc) is 2.70. The number of H-pyrrole nitrogens is 1. The zero-order valence-corrected chi connectivity index (χ0v) is 16.5. The molecule has 1 aliphatic rings. The smallest absolute Gasteiger partial charge is 0.254 e. The molecule has 0 radical (unpaired) electrons. The number of benzene rings is 2. The Balaban J connectivity index is 1.60. The summed E-state index contributed by atoms with van der Waals surface area (Å²) in [5.74, 6) is 0.227. The number of phenolic OH excluding ortho intramolecular Hbond substituents is 2. The van der Waals surface area contributed by atoms with E-state index in [1.54, 1.807) is 18.2 Å². The maximum Gasteiger partial charge on any atom is 0.254 e. The number of methoxy groups -OCH3 is 1. The summed E-state index contributed by atoms with van der Waals surface area (Å²) < 4.78 is 5.11. The predicted molar refractivity (Wildman–Crippen MR) is 109 cm³/mol. The van der Waals surface area contributed by atoms with Crippen LogP contribution in [0.2, 0.25) is 5.02 Å². The van der Waals surface area contributed by atoms with Crippen molar-refractivity contribution < 1.29 is 14.9 Å². The van der Waals surface area contributed by atoms with Crippen molar-refractivity contribution in [1.29, 1.82) is 0 Å². The molecule has 0 saturated carbocycles. The Labute approximate surface area is 172 Å². The molecular formula is C21H20ClN3O4. The lowest BCUT2D eigenvalue weighted by molar-refractivity contribution is 0.239. The van der Waals surface area contributed by atoms with E-state index in [-0.39, 0.29) is 22.8 Å². The first kappa shape index (κ1) is 19.3. The van der Waals surface area contributed by atoms with E-state index < -0.39 is 0 Å². The molecule has 4 rings (SSSR count). The highest BCUT2D eigenvalue weighted by Gasteiger charge is 2.22. The lowest BCUT2D eigenvalue weighted by atomic mass is 10.0. The van der Waals surface area contributed by atoms with E-state index in [0.717, 1.165) is 16.8 Å². The molecular weight excluding hydrogens is 394 g/mol. The van der Waals surface area contributed by atoms with Crippen molar-refractivity contribution in [1.82, 2.24) is 14.9 Å². The van der Waals surface area contributed by atoms with Crippen LogP contribution in [0.25, 0.3) is 11.4 Å². The molecule has 150 valence electrons. The minimum absolute atomic E-state index is 0.122. The van der Waals surface area contributed by atoms with Crippen molar-refractivity contribution >= 4 is 11.6 Å². The fourth-order valence-corrected chi connectivity index (χ4v) is 3.65. The number of phenols is 2. The van der Waals surface area contributed by atoms with Gasteiger partial charge in [-0.15, -0.1) is 0 Å². The molecule has 0 amide bonds. The van der Waals surface area contributed by atoms with Crippen LogP contribution in [-0.4, -0.2) is 38.7 Å². The van der Waals surface area contributed by atoms with E-state index in [0.29, 0.717) is 42.5 Å². The molecule has 1 aromatic heterocycles. The van der Waals surface area contributed by atoms with E-state index in [4.69, 9.17) is 16.3 Å². The SMILES string of the molecule is COc1cc(CN2CCc3c(nc(-c4ccc(Cl)cc4)[nH]c3=O)C2)cc(O)c1O. The first-order chi connectivity index (χ1) is 13.9. The zero-order valence-electron chi connectivity index (χ0n) is 15.8. The van der Waals surface area contributed by atoms with Crippen LogP contribution in [0.15, 0.2) is 41.2 Å². The number of fused-ring (bicyclic) bond motifs is 1. The second-order valence-corrected chi connectivity index (χ2v) is 7.41. The van der Waals surface area contributed by atoms with Gasteiger partial charge in [0.25, 0.3) is 5.56 Å². The second kappa shape index (κ2) is 7.77. The third kappa shape index (κ3) is 3.92. The average molecular weight is 414 g/mol. The number of halogens is 1. The summed E-state index contributed by atoms with van der Waals surface area (Å²) in [6.07, 6.45) is 0.583. The standard InChI is InChI=1S/C21H20ClN3O4/c1-29-18-9-12(8-17(26)19(18)27)10-25-7-6-15-16(11-25)23-20(24-21(15)28)13-2-4-14(22)5-3-13/h2-5,8-9,26-27H,6-7,10-11H2,1H3,(H,23,24,28). The highest BCUT2D eigenvalue weighted by Crippen LogP contribution is 2.36. The fraction of sp³-hybridized carbons (Fsp3) is 0.238. The van der Waals surface area contributed by atoms with Crippen LogP contribution in [0.1, 0.15) is 16.8 Å². The summed E-state index contributed by atoms with van der Waals surface area (Å²) in [5.41, 5.74) is 2.90. The van der Waals surface area contributed by atoms with Crippen LogP contribution < -0.4 is 10.3 Å². The Morgan fingerprint density at radius 1 is 1.24 bits per heavy atom. The van der Waals surface area contributed by atoms with E-state index in [1.165, 1.54) is 13.2 Å². The topological polar surface area (TPSA) is 98.7 Å². The number of aromatic nitrogens is 2. The summed E-state index contributed by atoms with van der Waals surface area (Å²) in [5, 5.41) is 20.3. The summed E-state index contributed by atoms with van der Waals surface area (Å²) in [6.45, 7) is 1.71. The molecule has 8 heteroatoms. The van der Waals surface area contributed by atoms with Gasteiger partial charge < -0.3 is 19.9 Å². The second-order valence-electron chi connectivity index (χ2n) is 6.97. The molecule has 7 nitrogen and oxygen atoms in total. The summed E-state index contributed by atoms with van der Waals surface area (Å²) in [6, 6.07) is 10.4. The quantitative estimate of drug-likeness (QED) is 0.568. The monoisotopic (exact) mass is 413 g/mol. The highest BCUT2D eigenvalue weighted by atomic mass is 35.5. The lowest BCUT2D eigenvalue weighted by Crippen LogP contribution is -2.35. The molecule has 2 aromatic carbocycles. The normalized spacial score (nSPS) is 13.9. The molecule has 3 aromatic rings. The van der Waals surface area contributed by atoms with Gasteiger partial charge in [0.2, 0.25) is 5.75 Å². The van der Waals surface area contributed by atoms with Gasteiger partial charge in [-0.1, -0.05) is 11.6 Å². The van der Waals surface area contributed by atoms with Crippen molar-refractivity contribution in [3.8, 4) is 28.6 Å². The maximum absolute atomic E-state index is 12.5. The minimum atomic E-state index is -0.277. The fourth-order valence-electron chi connectivity index (χ4n) is 3.53. The van der Waals surface area contributed by atoms with Crippen molar-refractivity contribution in [3.05, 3.63) is 68.6 Å². The van der Waals surface area contributed by atoms with Gasteiger partial charge >= 0.3 is 0 Å². The third-order valence-corrected chi connectivity index (χ3v) is 5.26. The predicted octanol–water partition coefficient (Wildman–Crippen LogP) is 3.07. The number of hydrogen-bond donors (Lipinski definition) is 3.